The highest BCUT2D eigenvalue weighted by Gasteiger charge is 2.17. The average Bonchev–Trinajstić information content (AvgIpc) is 2.38. The molecule has 0 heterocycles. The van der Waals surface area contributed by atoms with Gasteiger partial charge in [0, 0.05) is 0 Å². The van der Waals surface area contributed by atoms with Crippen LogP contribution in [0.5, 0.6) is 5.75 Å². The van der Waals surface area contributed by atoms with Crippen LogP contribution in [0.15, 0.2) is 29.2 Å². The van der Waals surface area contributed by atoms with Crippen molar-refractivity contribution in [2.45, 2.75) is 4.90 Å². The predicted molar refractivity (Wildman–Crippen MR) is 66.9 cm³/mol. The molecular formula is C11H11ClO6S. The molecule has 6 nitrogen and oxygen atoms in total. The van der Waals surface area contributed by atoms with E-state index in [-0.39, 0.29) is 4.90 Å². The molecule has 0 saturated heterocycles. The van der Waals surface area contributed by atoms with Gasteiger partial charge in [-0.25, -0.2) is 13.2 Å². The second-order valence-electron chi connectivity index (χ2n) is 3.40. The van der Waals surface area contributed by atoms with E-state index in [2.05, 4.69) is 4.74 Å². The maximum Gasteiger partial charge on any atom is 0.391 e. The third-order valence-corrected chi connectivity index (χ3v) is 4.01. The third kappa shape index (κ3) is 4.53. The molecule has 0 bridgehead atoms. The Hall–Kier alpha value is -1.60. The Morgan fingerprint density at radius 1 is 1.21 bits per heavy atom. The SMILES string of the molecule is COc1ccc(S(=O)(=O)CCOC(=O)C(=O)Cl)cc1. The minimum absolute atomic E-state index is 0.0709. The lowest BCUT2D eigenvalue weighted by atomic mass is 10.3. The highest BCUT2D eigenvalue weighted by Crippen LogP contribution is 2.16. The molecule has 0 radical (unpaired) electrons. The van der Waals surface area contributed by atoms with Gasteiger partial charge in [0.15, 0.2) is 9.84 Å². The molecule has 19 heavy (non-hydrogen) atoms. The van der Waals surface area contributed by atoms with Gasteiger partial charge in [0.25, 0.3) is 0 Å². The Morgan fingerprint density at radius 3 is 2.26 bits per heavy atom. The smallest absolute Gasteiger partial charge is 0.391 e. The van der Waals surface area contributed by atoms with Gasteiger partial charge in [-0.15, -0.1) is 0 Å². The minimum atomic E-state index is -3.59. The van der Waals surface area contributed by atoms with Crippen LogP contribution < -0.4 is 4.74 Å². The molecule has 104 valence electrons. The zero-order valence-corrected chi connectivity index (χ0v) is 11.5. The van der Waals surface area contributed by atoms with Crippen LogP contribution in [-0.2, 0) is 24.2 Å². The van der Waals surface area contributed by atoms with Gasteiger partial charge in [-0.1, -0.05) is 0 Å². The molecule has 1 aromatic rings. The summed E-state index contributed by atoms with van der Waals surface area (Å²) in [5.74, 6) is -1.18. The first-order chi connectivity index (χ1) is 8.86. The fraction of sp³-hybridized carbons (Fsp3) is 0.273. The van der Waals surface area contributed by atoms with Crippen LogP contribution in [0.3, 0.4) is 0 Å². The number of benzene rings is 1. The van der Waals surface area contributed by atoms with Gasteiger partial charge in [0.1, 0.15) is 12.4 Å². The van der Waals surface area contributed by atoms with E-state index in [1.165, 1.54) is 31.4 Å². The first-order valence-electron chi connectivity index (χ1n) is 5.10. The van der Waals surface area contributed by atoms with Crippen LogP contribution in [0.25, 0.3) is 0 Å². The first-order valence-corrected chi connectivity index (χ1v) is 7.13. The van der Waals surface area contributed by atoms with E-state index >= 15 is 0 Å². The second-order valence-corrected chi connectivity index (χ2v) is 5.86. The summed E-state index contributed by atoms with van der Waals surface area (Å²) in [6.45, 7) is -0.439. The Bertz CT molecular complexity index is 563. The Morgan fingerprint density at radius 2 is 1.79 bits per heavy atom. The number of rotatable bonds is 6. The topological polar surface area (TPSA) is 86.7 Å². The molecule has 0 saturated carbocycles. The summed E-state index contributed by atoms with van der Waals surface area (Å²) in [5, 5.41) is -1.29. The number of hydrogen-bond acceptors (Lipinski definition) is 6. The largest absolute Gasteiger partial charge is 0.497 e. The zero-order valence-electron chi connectivity index (χ0n) is 9.96. The molecule has 0 N–H and O–H groups in total. The molecule has 0 amide bonds. The molecule has 0 aliphatic heterocycles. The van der Waals surface area contributed by atoms with Crippen molar-refractivity contribution in [3.8, 4) is 5.75 Å². The van der Waals surface area contributed by atoms with Crippen LogP contribution in [0, 0.1) is 0 Å². The van der Waals surface area contributed by atoms with Crippen molar-refractivity contribution in [3.63, 3.8) is 0 Å². The maximum atomic E-state index is 11.8. The number of ether oxygens (including phenoxy) is 2. The van der Waals surface area contributed by atoms with Gasteiger partial charge in [0.05, 0.1) is 17.8 Å². The van der Waals surface area contributed by atoms with Gasteiger partial charge < -0.3 is 9.47 Å². The molecule has 8 heteroatoms. The number of esters is 1. The number of carbonyl (C=O) groups excluding carboxylic acids is 2. The lowest BCUT2D eigenvalue weighted by Crippen LogP contribution is -2.18. The highest BCUT2D eigenvalue weighted by atomic mass is 35.5. The van der Waals surface area contributed by atoms with E-state index in [1.54, 1.807) is 0 Å². The van der Waals surface area contributed by atoms with E-state index in [0.717, 1.165) is 0 Å². The van der Waals surface area contributed by atoms with Crippen LogP contribution in [0.2, 0.25) is 0 Å². The predicted octanol–water partition coefficient (Wildman–Crippen LogP) is 0.777. The number of hydrogen-bond donors (Lipinski definition) is 0. The Kier molecular flexibility index (Phi) is 5.31. The highest BCUT2D eigenvalue weighted by molar-refractivity contribution is 7.91. The van der Waals surface area contributed by atoms with Crippen molar-refractivity contribution in [2.75, 3.05) is 19.5 Å². The third-order valence-electron chi connectivity index (χ3n) is 2.16. The quantitative estimate of drug-likeness (QED) is 0.438. The fourth-order valence-corrected chi connectivity index (χ4v) is 2.35. The van der Waals surface area contributed by atoms with Gasteiger partial charge in [-0.05, 0) is 35.9 Å². The summed E-state index contributed by atoms with van der Waals surface area (Å²) in [7, 11) is -2.13. The maximum absolute atomic E-state index is 11.8. The first kappa shape index (κ1) is 15.5. The van der Waals surface area contributed by atoms with E-state index in [4.69, 9.17) is 16.3 Å². The summed E-state index contributed by atoms with van der Waals surface area (Å²) in [5.41, 5.74) is 0. The van der Waals surface area contributed by atoms with Crippen molar-refractivity contribution < 1.29 is 27.5 Å². The van der Waals surface area contributed by atoms with Crippen molar-refractivity contribution >= 4 is 32.6 Å². The molecular weight excluding hydrogens is 296 g/mol. The molecule has 1 aromatic carbocycles. The van der Waals surface area contributed by atoms with Gasteiger partial charge in [-0.2, -0.15) is 0 Å². The zero-order chi connectivity index (χ0) is 14.5. The summed E-state index contributed by atoms with van der Waals surface area (Å²) in [6.07, 6.45) is 0. The summed E-state index contributed by atoms with van der Waals surface area (Å²) >= 11 is 4.85. The summed E-state index contributed by atoms with van der Waals surface area (Å²) in [4.78, 5) is 21.2. The molecule has 0 aliphatic carbocycles. The standard InChI is InChI=1S/C11H11ClO6S/c1-17-8-2-4-9(5-3-8)19(15,16)7-6-18-11(14)10(12)13/h2-5H,6-7H2,1H3. The normalized spacial score (nSPS) is 10.8. The van der Waals surface area contributed by atoms with Gasteiger partial charge in [-0.3, -0.25) is 4.79 Å². The molecule has 0 fully saturated rings. The molecule has 0 spiro atoms. The molecule has 0 unspecified atom stereocenters. The Balaban J connectivity index is 2.65. The van der Waals surface area contributed by atoms with Crippen LogP contribution in [0.1, 0.15) is 0 Å². The Labute approximate surface area is 115 Å². The van der Waals surface area contributed by atoms with E-state index in [9.17, 15) is 18.0 Å². The average molecular weight is 307 g/mol. The van der Waals surface area contributed by atoms with Crippen LogP contribution in [0.4, 0.5) is 0 Å². The number of sulfone groups is 1. The molecule has 0 aromatic heterocycles. The fourth-order valence-electron chi connectivity index (χ4n) is 1.20. The van der Waals surface area contributed by atoms with Gasteiger partial charge in [0.2, 0.25) is 0 Å². The molecule has 0 atom stereocenters. The summed E-state index contributed by atoms with van der Waals surface area (Å²) < 4.78 is 33.0. The molecule has 1 rings (SSSR count). The monoisotopic (exact) mass is 306 g/mol. The van der Waals surface area contributed by atoms with E-state index in [1.807, 2.05) is 0 Å². The lowest BCUT2D eigenvalue weighted by Gasteiger charge is -2.05. The second kappa shape index (κ2) is 6.53. The number of halogens is 1. The van der Waals surface area contributed by atoms with Crippen LogP contribution >= 0.6 is 11.6 Å². The van der Waals surface area contributed by atoms with Crippen molar-refractivity contribution in [2.24, 2.45) is 0 Å². The number of methoxy groups -OCH3 is 1. The molecule has 0 aliphatic rings. The van der Waals surface area contributed by atoms with Crippen molar-refractivity contribution in [3.05, 3.63) is 24.3 Å². The van der Waals surface area contributed by atoms with Crippen molar-refractivity contribution in [1.82, 2.24) is 0 Å². The lowest BCUT2D eigenvalue weighted by molar-refractivity contribution is -0.149. The van der Waals surface area contributed by atoms with E-state index in [0.29, 0.717) is 5.75 Å². The minimum Gasteiger partial charge on any atom is -0.497 e. The summed E-state index contributed by atoms with van der Waals surface area (Å²) in [6, 6.07) is 5.76. The van der Waals surface area contributed by atoms with Crippen LogP contribution in [-0.4, -0.2) is 39.1 Å². The van der Waals surface area contributed by atoms with Gasteiger partial charge >= 0.3 is 11.2 Å². The van der Waals surface area contributed by atoms with E-state index < -0.39 is 33.4 Å². The number of carbonyl (C=O) groups is 2. The van der Waals surface area contributed by atoms with Crippen molar-refractivity contribution in [1.29, 1.82) is 0 Å².